The Bertz CT molecular complexity index is 453. The standard InChI is InChI=1S/C8H7Cl5N4/c1-4(2)17-5(3-14)6(15-16-17)7(9,10)8(11,12)13/h4H,1-2H3. The normalized spacial score (nSPS) is 12.9. The minimum atomic E-state index is -2.03. The van der Waals surface area contributed by atoms with Crippen LogP contribution in [0.5, 0.6) is 0 Å². The Hall–Kier alpha value is 0.0800. The van der Waals surface area contributed by atoms with E-state index < -0.39 is 8.13 Å². The molecule has 0 saturated carbocycles. The summed E-state index contributed by atoms with van der Waals surface area (Å²) in [6.07, 6.45) is 0. The van der Waals surface area contributed by atoms with Crippen molar-refractivity contribution in [1.29, 1.82) is 5.26 Å². The highest BCUT2D eigenvalue weighted by Gasteiger charge is 2.51. The topological polar surface area (TPSA) is 54.5 Å². The molecule has 0 fully saturated rings. The largest absolute Gasteiger partial charge is 0.232 e. The molecule has 94 valence electrons. The molecule has 0 N–H and O–H groups in total. The number of nitrogens with zero attached hydrogens (tertiary/aromatic N) is 4. The van der Waals surface area contributed by atoms with Crippen molar-refractivity contribution in [2.45, 2.75) is 28.0 Å². The molecule has 1 aromatic heterocycles. The summed E-state index contributed by atoms with van der Waals surface area (Å²) in [4.78, 5) is 0. The van der Waals surface area contributed by atoms with Crippen LogP contribution in [0.4, 0.5) is 0 Å². The molecule has 0 aromatic carbocycles. The van der Waals surface area contributed by atoms with Crippen LogP contribution in [-0.4, -0.2) is 18.8 Å². The van der Waals surface area contributed by atoms with Crippen LogP contribution in [0, 0.1) is 11.3 Å². The first-order chi connectivity index (χ1) is 7.63. The maximum atomic E-state index is 9.07. The molecule has 0 amide bonds. The highest BCUT2D eigenvalue weighted by atomic mass is 35.6. The van der Waals surface area contributed by atoms with Gasteiger partial charge in [-0.15, -0.1) is 5.10 Å². The number of halogens is 5. The number of rotatable bonds is 2. The third-order valence-electron chi connectivity index (χ3n) is 1.94. The van der Waals surface area contributed by atoms with Gasteiger partial charge in [-0.25, -0.2) is 4.68 Å². The molecular formula is C8H7Cl5N4. The maximum Gasteiger partial charge on any atom is 0.228 e. The van der Waals surface area contributed by atoms with Crippen molar-refractivity contribution in [2.24, 2.45) is 0 Å². The predicted octanol–water partition coefficient (Wildman–Crippen LogP) is 3.73. The van der Waals surface area contributed by atoms with Crippen molar-refractivity contribution in [3.63, 3.8) is 0 Å². The van der Waals surface area contributed by atoms with Crippen molar-refractivity contribution >= 4 is 58.0 Å². The molecule has 4 nitrogen and oxygen atoms in total. The SMILES string of the molecule is CC(C)n1nnc(C(Cl)(Cl)C(Cl)(Cl)Cl)c1C#N. The Balaban J connectivity index is 3.40. The molecule has 0 aliphatic rings. The van der Waals surface area contributed by atoms with Crippen molar-refractivity contribution in [3.8, 4) is 6.07 Å². The van der Waals surface area contributed by atoms with Gasteiger partial charge in [0.2, 0.25) is 8.13 Å². The van der Waals surface area contributed by atoms with Gasteiger partial charge in [0.1, 0.15) is 11.8 Å². The maximum absolute atomic E-state index is 9.07. The van der Waals surface area contributed by atoms with E-state index in [0.717, 1.165) is 0 Å². The highest BCUT2D eigenvalue weighted by molar-refractivity contribution is 6.75. The van der Waals surface area contributed by atoms with E-state index in [2.05, 4.69) is 10.3 Å². The first-order valence-electron chi connectivity index (χ1n) is 4.43. The summed E-state index contributed by atoms with van der Waals surface area (Å²) in [5, 5.41) is 16.6. The number of alkyl halides is 5. The smallest absolute Gasteiger partial charge is 0.228 e. The summed E-state index contributed by atoms with van der Waals surface area (Å²) in [5.41, 5.74) is -0.00615. The average molecular weight is 336 g/mol. The third kappa shape index (κ3) is 2.74. The summed E-state index contributed by atoms with van der Waals surface area (Å²) < 4.78 is -2.62. The quantitative estimate of drug-likeness (QED) is 0.773. The second-order valence-corrected chi connectivity index (χ2v) is 7.12. The number of hydrogen-bond donors (Lipinski definition) is 0. The lowest BCUT2D eigenvalue weighted by molar-refractivity contribution is 0.509. The van der Waals surface area contributed by atoms with Crippen molar-refractivity contribution in [3.05, 3.63) is 11.4 Å². The van der Waals surface area contributed by atoms with Gasteiger partial charge in [0.25, 0.3) is 0 Å². The summed E-state index contributed by atoms with van der Waals surface area (Å²) >= 11 is 28.9. The van der Waals surface area contributed by atoms with E-state index in [1.165, 1.54) is 4.68 Å². The minimum Gasteiger partial charge on any atom is -0.232 e. The first-order valence-corrected chi connectivity index (χ1v) is 6.32. The third-order valence-corrected chi connectivity index (χ3v) is 4.30. The zero-order valence-electron chi connectivity index (χ0n) is 8.76. The fourth-order valence-electron chi connectivity index (χ4n) is 1.10. The van der Waals surface area contributed by atoms with Crippen molar-refractivity contribution in [1.82, 2.24) is 15.0 Å². The van der Waals surface area contributed by atoms with Crippen LogP contribution < -0.4 is 0 Å². The molecule has 1 aromatic rings. The molecule has 0 saturated heterocycles. The van der Waals surface area contributed by atoms with Crippen LogP contribution in [0.15, 0.2) is 0 Å². The van der Waals surface area contributed by atoms with E-state index in [1.54, 1.807) is 0 Å². The predicted molar refractivity (Wildman–Crippen MR) is 68.8 cm³/mol. The first kappa shape index (κ1) is 15.1. The molecule has 0 aliphatic carbocycles. The van der Waals surface area contributed by atoms with Crippen LogP contribution in [-0.2, 0) is 4.33 Å². The Morgan fingerprint density at radius 1 is 1.24 bits per heavy atom. The van der Waals surface area contributed by atoms with E-state index in [-0.39, 0.29) is 17.4 Å². The van der Waals surface area contributed by atoms with Gasteiger partial charge in [0, 0.05) is 6.04 Å². The fourth-order valence-corrected chi connectivity index (χ4v) is 1.63. The lowest BCUT2D eigenvalue weighted by atomic mass is 10.2. The number of aromatic nitrogens is 3. The summed E-state index contributed by atoms with van der Waals surface area (Å²) in [6.45, 7) is 3.64. The molecule has 0 atom stereocenters. The second-order valence-electron chi connectivity index (χ2n) is 3.51. The van der Waals surface area contributed by atoms with Crippen LogP contribution in [0.25, 0.3) is 0 Å². The molecule has 1 heterocycles. The van der Waals surface area contributed by atoms with Gasteiger partial charge in [-0.1, -0.05) is 63.2 Å². The van der Waals surface area contributed by atoms with Gasteiger partial charge in [0.15, 0.2) is 5.69 Å². The second kappa shape index (κ2) is 4.99. The van der Waals surface area contributed by atoms with Gasteiger partial charge in [-0.05, 0) is 13.8 Å². The fraction of sp³-hybridized carbons (Fsp3) is 0.625. The Labute approximate surface area is 123 Å². The van der Waals surface area contributed by atoms with Crippen molar-refractivity contribution in [2.75, 3.05) is 0 Å². The molecular weight excluding hydrogens is 329 g/mol. The highest BCUT2D eigenvalue weighted by Crippen LogP contribution is 2.52. The van der Waals surface area contributed by atoms with Gasteiger partial charge < -0.3 is 0 Å². The Kier molecular flexibility index (Phi) is 4.44. The lowest BCUT2D eigenvalue weighted by Gasteiger charge is -2.25. The Morgan fingerprint density at radius 3 is 2.12 bits per heavy atom. The average Bonchev–Trinajstić information content (AvgIpc) is 2.59. The van der Waals surface area contributed by atoms with E-state index >= 15 is 0 Å². The molecule has 0 radical (unpaired) electrons. The monoisotopic (exact) mass is 334 g/mol. The zero-order chi connectivity index (χ0) is 13.4. The van der Waals surface area contributed by atoms with Crippen LogP contribution in [0.1, 0.15) is 31.3 Å². The van der Waals surface area contributed by atoms with Gasteiger partial charge in [-0.2, -0.15) is 5.26 Å². The Morgan fingerprint density at radius 2 is 1.76 bits per heavy atom. The van der Waals surface area contributed by atoms with Crippen molar-refractivity contribution < 1.29 is 0 Å². The molecule has 0 bridgehead atoms. The number of hydrogen-bond acceptors (Lipinski definition) is 3. The molecule has 0 unspecified atom stereocenters. The van der Waals surface area contributed by atoms with Gasteiger partial charge >= 0.3 is 0 Å². The van der Waals surface area contributed by atoms with Gasteiger partial charge in [0.05, 0.1) is 0 Å². The summed E-state index contributed by atoms with van der Waals surface area (Å²) in [5.74, 6) is 0. The minimum absolute atomic E-state index is 0.0660. The van der Waals surface area contributed by atoms with Crippen LogP contribution >= 0.6 is 58.0 Å². The summed E-state index contributed by atoms with van der Waals surface area (Å²) in [6, 6.07) is 1.80. The summed E-state index contributed by atoms with van der Waals surface area (Å²) in [7, 11) is 0. The zero-order valence-corrected chi connectivity index (χ0v) is 12.5. The molecule has 0 aliphatic heterocycles. The van der Waals surface area contributed by atoms with E-state index in [9.17, 15) is 0 Å². The van der Waals surface area contributed by atoms with Crippen LogP contribution in [0.2, 0.25) is 0 Å². The molecule has 9 heteroatoms. The van der Waals surface area contributed by atoms with E-state index in [1.807, 2.05) is 19.9 Å². The van der Waals surface area contributed by atoms with Gasteiger partial charge in [-0.3, -0.25) is 0 Å². The molecule has 1 rings (SSSR count). The van der Waals surface area contributed by atoms with E-state index in [4.69, 9.17) is 63.3 Å². The number of nitriles is 1. The van der Waals surface area contributed by atoms with Crippen LogP contribution in [0.3, 0.4) is 0 Å². The lowest BCUT2D eigenvalue weighted by Crippen LogP contribution is -2.30. The molecule has 17 heavy (non-hydrogen) atoms. The molecule has 0 spiro atoms. The van der Waals surface area contributed by atoms with E-state index in [0.29, 0.717) is 0 Å².